The second kappa shape index (κ2) is 7.68. The van der Waals surface area contributed by atoms with Crippen molar-refractivity contribution in [1.29, 1.82) is 0 Å². The lowest BCUT2D eigenvalue weighted by Gasteiger charge is -2.23. The molecule has 1 aromatic carbocycles. The van der Waals surface area contributed by atoms with E-state index >= 15 is 0 Å². The van der Waals surface area contributed by atoms with E-state index in [1.165, 1.54) is 25.1 Å². The number of ether oxygens (including phenoxy) is 1. The Labute approximate surface area is 133 Å². The van der Waals surface area contributed by atoms with Gasteiger partial charge in [0.15, 0.2) is 0 Å². The first-order valence-corrected chi connectivity index (χ1v) is 7.36. The van der Waals surface area contributed by atoms with Crippen molar-refractivity contribution in [3.63, 3.8) is 0 Å². The third kappa shape index (κ3) is 7.36. The van der Waals surface area contributed by atoms with Crippen molar-refractivity contribution in [2.75, 3.05) is 0 Å². The molecule has 0 amide bonds. The molecule has 0 saturated carbocycles. The summed E-state index contributed by atoms with van der Waals surface area (Å²) in [6, 6.07) is 5.87. The number of aryl methyl sites for hydroxylation is 1. The Hall–Kier alpha value is -1.76. The van der Waals surface area contributed by atoms with Crippen LogP contribution in [-0.2, 0) is 11.2 Å². The van der Waals surface area contributed by atoms with Crippen LogP contribution in [0.25, 0.3) is 0 Å². The molecule has 0 aromatic heterocycles. The number of halogens is 3. The number of aliphatic carboxylic acids is 1. The molecule has 2 atom stereocenters. The van der Waals surface area contributed by atoms with Gasteiger partial charge >= 0.3 is 12.3 Å². The van der Waals surface area contributed by atoms with Gasteiger partial charge < -0.3 is 15.6 Å². The molecule has 3 N–H and O–H groups in total. The average Bonchev–Trinajstić information content (AvgIpc) is 2.36. The molecule has 130 valence electrons. The van der Waals surface area contributed by atoms with Crippen molar-refractivity contribution < 1.29 is 27.8 Å². The van der Waals surface area contributed by atoms with Crippen molar-refractivity contribution in [3.8, 4) is 5.75 Å². The summed E-state index contributed by atoms with van der Waals surface area (Å²) in [4.78, 5) is 11.0. The monoisotopic (exact) mass is 333 g/mol. The summed E-state index contributed by atoms with van der Waals surface area (Å²) in [6.45, 7) is 3.39. The Morgan fingerprint density at radius 1 is 1.39 bits per heavy atom. The number of carboxylic acids is 1. The smallest absolute Gasteiger partial charge is 0.480 e. The fourth-order valence-corrected chi connectivity index (χ4v) is 2.47. The van der Waals surface area contributed by atoms with Crippen LogP contribution in [0.3, 0.4) is 0 Å². The van der Waals surface area contributed by atoms with Crippen molar-refractivity contribution in [2.24, 2.45) is 11.7 Å². The number of benzene rings is 1. The summed E-state index contributed by atoms with van der Waals surface area (Å²) in [7, 11) is 0. The van der Waals surface area contributed by atoms with Gasteiger partial charge in [-0.15, -0.1) is 13.2 Å². The highest BCUT2D eigenvalue weighted by Gasteiger charge is 2.31. The van der Waals surface area contributed by atoms with Crippen molar-refractivity contribution >= 4 is 5.97 Å². The van der Waals surface area contributed by atoms with Gasteiger partial charge in [-0.1, -0.05) is 25.5 Å². The van der Waals surface area contributed by atoms with Gasteiger partial charge in [0.25, 0.3) is 0 Å². The molecule has 4 nitrogen and oxygen atoms in total. The van der Waals surface area contributed by atoms with Crippen molar-refractivity contribution in [1.82, 2.24) is 0 Å². The van der Waals surface area contributed by atoms with Crippen LogP contribution in [0.1, 0.15) is 38.7 Å². The Balaban J connectivity index is 2.47. The van der Waals surface area contributed by atoms with E-state index in [-0.39, 0.29) is 11.7 Å². The molecule has 2 unspecified atom stereocenters. The van der Waals surface area contributed by atoms with Gasteiger partial charge in [-0.3, -0.25) is 4.79 Å². The molecular weight excluding hydrogens is 311 g/mol. The topological polar surface area (TPSA) is 72.5 Å². The molecule has 0 saturated heterocycles. The Kier molecular flexibility index (Phi) is 6.44. The molecule has 1 aromatic rings. The van der Waals surface area contributed by atoms with Gasteiger partial charge in [0.05, 0.1) is 0 Å². The van der Waals surface area contributed by atoms with E-state index in [9.17, 15) is 18.0 Å². The molecule has 0 radical (unpaired) electrons. The highest BCUT2D eigenvalue weighted by Crippen LogP contribution is 2.25. The predicted molar refractivity (Wildman–Crippen MR) is 80.1 cm³/mol. The van der Waals surface area contributed by atoms with Crippen LogP contribution in [0.4, 0.5) is 13.2 Å². The van der Waals surface area contributed by atoms with Gasteiger partial charge in [0.1, 0.15) is 11.3 Å². The second-order valence-electron chi connectivity index (χ2n) is 6.12. The lowest BCUT2D eigenvalue weighted by Crippen LogP contribution is -2.46. The fourth-order valence-electron chi connectivity index (χ4n) is 2.47. The first-order valence-electron chi connectivity index (χ1n) is 7.36. The Morgan fingerprint density at radius 2 is 2.04 bits per heavy atom. The average molecular weight is 333 g/mol. The number of hydrogen-bond donors (Lipinski definition) is 2. The van der Waals surface area contributed by atoms with Crippen LogP contribution < -0.4 is 10.5 Å². The van der Waals surface area contributed by atoms with Crippen LogP contribution in [0.15, 0.2) is 24.3 Å². The zero-order valence-corrected chi connectivity index (χ0v) is 13.2. The summed E-state index contributed by atoms with van der Waals surface area (Å²) in [5.41, 5.74) is 5.18. The van der Waals surface area contributed by atoms with E-state index in [0.717, 1.165) is 18.4 Å². The zero-order valence-electron chi connectivity index (χ0n) is 13.2. The van der Waals surface area contributed by atoms with E-state index in [4.69, 9.17) is 10.8 Å². The highest BCUT2D eigenvalue weighted by molar-refractivity contribution is 5.77. The summed E-state index contributed by atoms with van der Waals surface area (Å²) in [5.74, 6) is -1.17. The number of hydrogen-bond acceptors (Lipinski definition) is 3. The molecule has 0 aliphatic rings. The van der Waals surface area contributed by atoms with Crippen LogP contribution >= 0.6 is 0 Å². The SMILES string of the molecule is CC(CCCc1cccc(OC(F)(F)F)c1)CC(C)(N)C(=O)O. The Bertz CT molecular complexity index is 530. The van der Waals surface area contributed by atoms with Gasteiger partial charge in [-0.25, -0.2) is 0 Å². The molecule has 0 heterocycles. The second-order valence-corrected chi connectivity index (χ2v) is 6.12. The minimum absolute atomic E-state index is 0.107. The minimum atomic E-state index is -4.70. The maximum atomic E-state index is 12.2. The molecule has 23 heavy (non-hydrogen) atoms. The predicted octanol–water partition coefficient (Wildman–Crippen LogP) is 3.74. The molecule has 0 aliphatic carbocycles. The van der Waals surface area contributed by atoms with E-state index in [0.29, 0.717) is 12.8 Å². The summed E-state index contributed by atoms with van der Waals surface area (Å²) >= 11 is 0. The van der Waals surface area contributed by atoms with Crippen LogP contribution in [0, 0.1) is 5.92 Å². The van der Waals surface area contributed by atoms with E-state index in [1.54, 1.807) is 6.07 Å². The van der Waals surface area contributed by atoms with E-state index in [2.05, 4.69) is 4.74 Å². The molecular formula is C16H22F3NO3. The van der Waals surface area contributed by atoms with Gasteiger partial charge in [-0.2, -0.15) is 0 Å². The maximum absolute atomic E-state index is 12.2. The quantitative estimate of drug-likeness (QED) is 0.760. The summed E-state index contributed by atoms with van der Waals surface area (Å²) in [6.07, 6.45) is -2.29. The largest absolute Gasteiger partial charge is 0.573 e. The Morgan fingerprint density at radius 3 is 2.61 bits per heavy atom. The van der Waals surface area contributed by atoms with E-state index in [1.807, 2.05) is 6.92 Å². The first kappa shape index (κ1) is 19.3. The third-order valence-corrected chi connectivity index (χ3v) is 3.56. The number of carboxylic acid groups (broad SMARTS) is 1. The molecule has 0 aliphatic heterocycles. The van der Waals surface area contributed by atoms with Gasteiger partial charge in [0.2, 0.25) is 0 Å². The molecule has 7 heteroatoms. The maximum Gasteiger partial charge on any atom is 0.573 e. The van der Waals surface area contributed by atoms with Gasteiger partial charge in [-0.05, 0) is 49.8 Å². The van der Waals surface area contributed by atoms with Crippen LogP contribution in [0.5, 0.6) is 5.75 Å². The van der Waals surface area contributed by atoms with Crippen molar-refractivity contribution in [2.45, 2.75) is 51.4 Å². The molecule has 0 bridgehead atoms. The van der Waals surface area contributed by atoms with Gasteiger partial charge in [0, 0.05) is 0 Å². The lowest BCUT2D eigenvalue weighted by atomic mass is 9.87. The molecule has 1 rings (SSSR count). The van der Waals surface area contributed by atoms with Crippen LogP contribution in [0.2, 0.25) is 0 Å². The summed E-state index contributed by atoms with van der Waals surface area (Å²) in [5, 5.41) is 8.99. The highest BCUT2D eigenvalue weighted by atomic mass is 19.4. The number of rotatable bonds is 8. The standard InChI is InChI=1S/C16H22F3NO3/c1-11(10-15(2,20)14(21)22)5-3-6-12-7-4-8-13(9-12)23-16(17,18)19/h4,7-9,11H,3,5-6,10,20H2,1-2H3,(H,21,22). The minimum Gasteiger partial charge on any atom is -0.480 e. The van der Waals surface area contributed by atoms with Crippen LogP contribution in [-0.4, -0.2) is 23.0 Å². The normalized spacial score (nSPS) is 15.7. The number of nitrogens with two attached hydrogens (primary N) is 1. The fraction of sp³-hybridized carbons (Fsp3) is 0.562. The lowest BCUT2D eigenvalue weighted by molar-refractivity contribution is -0.274. The molecule has 0 fully saturated rings. The first-order chi connectivity index (χ1) is 10.5. The zero-order chi connectivity index (χ0) is 17.7. The van der Waals surface area contributed by atoms with E-state index < -0.39 is 17.9 Å². The van der Waals surface area contributed by atoms with Crippen molar-refractivity contribution in [3.05, 3.63) is 29.8 Å². The number of carbonyl (C=O) groups is 1. The molecule has 0 spiro atoms. The summed E-state index contributed by atoms with van der Waals surface area (Å²) < 4.78 is 40.4. The third-order valence-electron chi connectivity index (χ3n) is 3.56. The number of alkyl halides is 3.